The van der Waals surface area contributed by atoms with Crippen molar-refractivity contribution in [1.82, 2.24) is 9.78 Å². The molecule has 0 fully saturated rings. The number of carbonyl (C=O) groups is 1. The van der Waals surface area contributed by atoms with Gasteiger partial charge in [-0.15, -0.1) is 0 Å². The Balaban J connectivity index is 1.54. The molecule has 3 aromatic rings. The van der Waals surface area contributed by atoms with Gasteiger partial charge in [0, 0.05) is 24.0 Å². The first-order valence-electron chi connectivity index (χ1n) is 8.35. The topological polar surface area (TPSA) is 68.2 Å². The number of hydrogen-bond acceptors (Lipinski definition) is 3. The first-order valence-corrected chi connectivity index (χ1v) is 8.35. The Morgan fingerprint density at radius 1 is 1.11 bits per heavy atom. The smallest absolute Gasteiger partial charge is 0.324 e. The van der Waals surface area contributed by atoms with Gasteiger partial charge in [-0.1, -0.05) is 18.2 Å². The van der Waals surface area contributed by atoms with E-state index in [1.54, 1.807) is 36.4 Å². The van der Waals surface area contributed by atoms with Crippen molar-refractivity contribution in [3.63, 3.8) is 0 Å². The maximum absolute atomic E-state index is 13.2. The molecule has 0 aliphatic heterocycles. The first-order chi connectivity index (χ1) is 13.5. The van der Waals surface area contributed by atoms with Crippen LogP contribution in [0.15, 0.2) is 60.8 Å². The lowest BCUT2D eigenvalue weighted by Crippen LogP contribution is -2.20. The molecule has 1 heterocycles. The van der Waals surface area contributed by atoms with Crippen molar-refractivity contribution in [2.24, 2.45) is 0 Å². The third-order valence-electron chi connectivity index (χ3n) is 3.59. The van der Waals surface area contributed by atoms with E-state index in [1.165, 1.54) is 24.4 Å². The predicted molar refractivity (Wildman–Crippen MR) is 98.0 cm³/mol. The van der Waals surface area contributed by atoms with Gasteiger partial charge in [0.05, 0.1) is 0 Å². The molecule has 0 spiro atoms. The van der Waals surface area contributed by atoms with Crippen molar-refractivity contribution >= 4 is 17.5 Å². The van der Waals surface area contributed by atoms with Crippen LogP contribution < -0.4 is 15.4 Å². The molecule has 2 N–H and O–H groups in total. The van der Waals surface area contributed by atoms with E-state index in [1.807, 2.05) is 0 Å². The number of carbonyl (C=O) groups excluding carboxylic acids is 1. The number of ether oxygens (including phenoxy) is 1. The normalized spacial score (nSPS) is 10.7. The van der Waals surface area contributed by atoms with E-state index >= 15 is 0 Å². The fourth-order valence-electron chi connectivity index (χ4n) is 2.41. The minimum absolute atomic E-state index is 0.150. The van der Waals surface area contributed by atoms with E-state index in [-0.39, 0.29) is 18.2 Å². The molecule has 1 aromatic heterocycles. The molecule has 28 heavy (non-hydrogen) atoms. The lowest BCUT2D eigenvalue weighted by Gasteiger charge is -2.09. The molecule has 2 aromatic carbocycles. The fraction of sp³-hybridized carbons (Fsp3) is 0.158. The van der Waals surface area contributed by atoms with Crippen molar-refractivity contribution in [3.05, 3.63) is 72.2 Å². The third-order valence-corrected chi connectivity index (χ3v) is 3.59. The van der Waals surface area contributed by atoms with Crippen LogP contribution in [0.2, 0.25) is 0 Å². The van der Waals surface area contributed by atoms with E-state index in [9.17, 15) is 18.0 Å². The maximum atomic E-state index is 13.2. The van der Waals surface area contributed by atoms with Crippen molar-refractivity contribution in [1.29, 1.82) is 0 Å². The Labute approximate surface area is 158 Å². The summed E-state index contributed by atoms with van der Waals surface area (Å²) in [4.78, 5) is 12.0. The summed E-state index contributed by atoms with van der Waals surface area (Å²) in [7, 11) is 0. The lowest BCUT2D eigenvalue weighted by atomic mass is 10.2. The van der Waals surface area contributed by atoms with Gasteiger partial charge in [-0.25, -0.2) is 18.0 Å². The van der Waals surface area contributed by atoms with Crippen molar-refractivity contribution in [2.75, 3.05) is 10.6 Å². The second kappa shape index (κ2) is 8.94. The van der Waals surface area contributed by atoms with Crippen LogP contribution in [-0.2, 0) is 13.2 Å². The number of amides is 2. The van der Waals surface area contributed by atoms with Gasteiger partial charge >= 0.3 is 6.03 Å². The van der Waals surface area contributed by atoms with Crippen LogP contribution >= 0.6 is 0 Å². The highest BCUT2D eigenvalue weighted by Crippen LogP contribution is 2.19. The SMILES string of the molecule is O=C(Nc1cccc(OCc2cccc(F)c2)c1)Nc1ccn(CC(F)F)n1. The molecule has 9 heteroatoms. The summed E-state index contributed by atoms with van der Waals surface area (Å²) in [6.45, 7) is -0.372. The molecule has 0 bridgehead atoms. The first kappa shape index (κ1) is 19.3. The van der Waals surface area contributed by atoms with E-state index < -0.39 is 19.0 Å². The molecule has 0 radical (unpaired) electrons. The number of nitrogens with one attached hydrogen (secondary N) is 2. The van der Waals surface area contributed by atoms with Crippen LogP contribution in [0.3, 0.4) is 0 Å². The number of nitrogens with zero attached hydrogens (tertiary/aromatic N) is 2. The maximum Gasteiger partial charge on any atom is 0.324 e. The summed E-state index contributed by atoms with van der Waals surface area (Å²) in [6.07, 6.45) is -1.18. The Morgan fingerprint density at radius 3 is 2.71 bits per heavy atom. The quantitative estimate of drug-likeness (QED) is 0.624. The van der Waals surface area contributed by atoms with Crippen molar-refractivity contribution in [3.8, 4) is 5.75 Å². The highest BCUT2D eigenvalue weighted by molar-refractivity contribution is 5.99. The summed E-state index contributed by atoms with van der Waals surface area (Å²) in [5, 5.41) is 8.89. The van der Waals surface area contributed by atoms with Gasteiger partial charge in [0.15, 0.2) is 5.82 Å². The van der Waals surface area contributed by atoms with Gasteiger partial charge in [0.1, 0.15) is 24.7 Å². The van der Waals surface area contributed by atoms with E-state index in [2.05, 4.69) is 15.7 Å². The molecule has 0 aliphatic carbocycles. The van der Waals surface area contributed by atoms with Gasteiger partial charge in [0.25, 0.3) is 6.43 Å². The van der Waals surface area contributed by atoms with Gasteiger partial charge < -0.3 is 10.1 Å². The van der Waals surface area contributed by atoms with Gasteiger partial charge in [-0.2, -0.15) is 5.10 Å². The third kappa shape index (κ3) is 5.76. The van der Waals surface area contributed by atoms with Gasteiger partial charge in [0.2, 0.25) is 0 Å². The second-order valence-corrected chi connectivity index (χ2v) is 5.84. The largest absolute Gasteiger partial charge is 0.489 e. The zero-order valence-corrected chi connectivity index (χ0v) is 14.6. The Bertz CT molecular complexity index is 946. The number of benzene rings is 2. The van der Waals surface area contributed by atoms with E-state index in [4.69, 9.17) is 4.74 Å². The van der Waals surface area contributed by atoms with Crippen LogP contribution in [0.1, 0.15) is 5.56 Å². The standard InChI is InChI=1S/C19H17F3N4O2/c20-14-4-1-3-13(9-14)12-28-16-6-2-5-15(10-16)23-19(27)24-18-7-8-26(25-18)11-17(21)22/h1-10,17H,11-12H2,(H2,23,24,25,27). The summed E-state index contributed by atoms with van der Waals surface area (Å²) >= 11 is 0. The number of halogens is 3. The van der Waals surface area contributed by atoms with Crippen LogP contribution in [0.4, 0.5) is 29.5 Å². The van der Waals surface area contributed by atoms with Crippen molar-refractivity contribution in [2.45, 2.75) is 19.6 Å². The second-order valence-electron chi connectivity index (χ2n) is 5.84. The van der Waals surface area contributed by atoms with Crippen LogP contribution in [0, 0.1) is 5.82 Å². The van der Waals surface area contributed by atoms with Gasteiger partial charge in [-0.3, -0.25) is 10.00 Å². The average Bonchev–Trinajstić information content (AvgIpc) is 3.06. The molecule has 0 aliphatic rings. The summed E-state index contributed by atoms with van der Waals surface area (Å²) < 4.78 is 44.5. The molecule has 3 rings (SSSR count). The summed E-state index contributed by atoms with van der Waals surface area (Å²) in [6, 6.07) is 13.6. The monoisotopic (exact) mass is 390 g/mol. The Kier molecular flexibility index (Phi) is 6.15. The highest BCUT2D eigenvalue weighted by atomic mass is 19.3. The van der Waals surface area contributed by atoms with Gasteiger partial charge in [-0.05, 0) is 29.8 Å². The number of aromatic nitrogens is 2. The predicted octanol–water partition coefficient (Wildman–Crippen LogP) is 4.51. The van der Waals surface area contributed by atoms with Crippen LogP contribution in [0.25, 0.3) is 0 Å². The summed E-state index contributed by atoms with van der Waals surface area (Å²) in [5.41, 5.74) is 1.14. The van der Waals surface area contributed by atoms with Crippen LogP contribution in [-0.4, -0.2) is 22.2 Å². The van der Waals surface area contributed by atoms with E-state index in [0.29, 0.717) is 17.0 Å². The lowest BCUT2D eigenvalue weighted by molar-refractivity contribution is 0.122. The molecular weight excluding hydrogens is 373 g/mol. The Morgan fingerprint density at radius 2 is 1.93 bits per heavy atom. The number of alkyl halides is 2. The number of rotatable bonds is 7. The molecule has 2 amide bonds. The highest BCUT2D eigenvalue weighted by Gasteiger charge is 2.09. The molecule has 0 saturated heterocycles. The number of anilines is 2. The number of urea groups is 1. The zero-order valence-electron chi connectivity index (χ0n) is 14.6. The van der Waals surface area contributed by atoms with Crippen LogP contribution in [0.5, 0.6) is 5.75 Å². The molecule has 146 valence electrons. The number of hydrogen-bond donors (Lipinski definition) is 2. The zero-order chi connectivity index (χ0) is 19.9. The molecule has 0 saturated carbocycles. The fourth-order valence-corrected chi connectivity index (χ4v) is 2.41. The minimum Gasteiger partial charge on any atom is -0.489 e. The Hall–Kier alpha value is -3.49. The average molecular weight is 390 g/mol. The minimum atomic E-state index is -2.53. The van der Waals surface area contributed by atoms with Crippen molar-refractivity contribution < 1.29 is 22.7 Å². The molecule has 6 nitrogen and oxygen atoms in total. The molecule has 0 unspecified atom stereocenters. The molecule has 0 atom stereocenters. The summed E-state index contributed by atoms with van der Waals surface area (Å²) in [5.74, 6) is 0.295. The molecular formula is C19H17F3N4O2. The van der Waals surface area contributed by atoms with E-state index in [0.717, 1.165) is 4.68 Å².